The SMILES string of the molecule is COc1ccc(NC(=O)Cc2ccc(F)c(F)c2)c(N)c1. The molecule has 1 amide bonds. The average Bonchev–Trinajstić information content (AvgIpc) is 2.45. The third kappa shape index (κ3) is 3.68. The van der Waals surface area contributed by atoms with Crippen LogP contribution in [0.1, 0.15) is 5.56 Å². The van der Waals surface area contributed by atoms with Gasteiger partial charge in [-0.2, -0.15) is 0 Å². The molecule has 2 rings (SSSR count). The van der Waals surface area contributed by atoms with Crippen LogP contribution < -0.4 is 15.8 Å². The van der Waals surface area contributed by atoms with E-state index in [4.69, 9.17) is 10.5 Å². The second kappa shape index (κ2) is 6.21. The number of nitrogens with two attached hydrogens (primary N) is 1. The van der Waals surface area contributed by atoms with E-state index >= 15 is 0 Å². The van der Waals surface area contributed by atoms with Gasteiger partial charge in [-0.15, -0.1) is 0 Å². The van der Waals surface area contributed by atoms with Crippen LogP contribution in [0.5, 0.6) is 5.75 Å². The van der Waals surface area contributed by atoms with E-state index in [2.05, 4.69) is 5.32 Å². The third-order valence-corrected chi connectivity index (χ3v) is 2.88. The molecule has 0 saturated carbocycles. The summed E-state index contributed by atoms with van der Waals surface area (Å²) in [4.78, 5) is 11.9. The zero-order valence-corrected chi connectivity index (χ0v) is 11.3. The molecule has 0 aliphatic heterocycles. The van der Waals surface area contributed by atoms with Crippen LogP contribution in [-0.4, -0.2) is 13.0 Å². The molecule has 0 saturated heterocycles. The molecule has 0 radical (unpaired) electrons. The van der Waals surface area contributed by atoms with Crippen LogP contribution in [0, 0.1) is 11.6 Å². The lowest BCUT2D eigenvalue weighted by atomic mass is 10.1. The second-order valence-electron chi connectivity index (χ2n) is 4.43. The first kappa shape index (κ1) is 14.8. The van der Waals surface area contributed by atoms with Crippen molar-refractivity contribution in [3.63, 3.8) is 0 Å². The quantitative estimate of drug-likeness (QED) is 0.852. The van der Waals surface area contributed by atoms with Crippen molar-refractivity contribution >= 4 is 17.3 Å². The van der Waals surface area contributed by atoms with E-state index in [0.29, 0.717) is 22.7 Å². The van der Waals surface area contributed by atoms with Gasteiger partial charge in [0.15, 0.2) is 11.6 Å². The van der Waals surface area contributed by atoms with Crippen molar-refractivity contribution in [3.05, 3.63) is 53.6 Å². The highest BCUT2D eigenvalue weighted by Crippen LogP contribution is 2.24. The maximum atomic E-state index is 13.1. The van der Waals surface area contributed by atoms with Gasteiger partial charge in [-0.05, 0) is 29.8 Å². The Kier molecular flexibility index (Phi) is 4.37. The highest BCUT2D eigenvalue weighted by atomic mass is 19.2. The average molecular weight is 292 g/mol. The number of benzene rings is 2. The standard InChI is InChI=1S/C15H14F2N2O2/c1-21-10-3-5-14(13(18)8-10)19-15(20)7-9-2-4-11(16)12(17)6-9/h2-6,8H,7,18H2,1H3,(H,19,20). The number of nitrogen functional groups attached to an aromatic ring is 1. The van der Waals surface area contributed by atoms with E-state index < -0.39 is 11.6 Å². The molecule has 2 aromatic carbocycles. The van der Waals surface area contributed by atoms with E-state index in [1.54, 1.807) is 18.2 Å². The lowest BCUT2D eigenvalue weighted by Crippen LogP contribution is -2.15. The molecule has 0 atom stereocenters. The number of nitrogens with one attached hydrogen (secondary N) is 1. The lowest BCUT2D eigenvalue weighted by molar-refractivity contribution is -0.115. The number of amides is 1. The fraction of sp³-hybridized carbons (Fsp3) is 0.133. The Morgan fingerprint density at radius 2 is 1.95 bits per heavy atom. The Balaban J connectivity index is 2.06. The molecule has 0 fully saturated rings. The van der Waals surface area contributed by atoms with Crippen LogP contribution in [0.2, 0.25) is 0 Å². The molecule has 2 aromatic rings. The highest BCUT2D eigenvalue weighted by molar-refractivity contribution is 5.95. The van der Waals surface area contributed by atoms with Crippen molar-refractivity contribution < 1.29 is 18.3 Å². The fourth-order valence-corrected chi connectivity index (χ4v) is 1.81. The molecule has 21 heavy (non-hydrogen) atoms. The number of rotatable bonds is 4. The Morgan fingerprint density at radius 1 is 1.19 bits per heavy atom. The number of anilines is 2. The van der Waals surface area contributed by atoms with Gasteiger partial charge >= 0.3 is 0 Å². The molecule has 0 aromatic heterocycles. The Bertz CT molecular complexity index is 675. The van der Waals surface area contributed by atoms with E-state index in [1.807, 2.05) is 0 Å². The predicted octanol–water partition coefficient (Wildman–Crippen LogP) is 2.74. The molecule has 0 spiro atoms. The van der Waals surface area contributed by atoms with E-state index in [1.165, 1.54) is 13.2 Å². The summed E-state index contributed by atoms with van der Waals surface area (Å²) in [5.41, 5.74) is 6.94. The third-order valence-electron chi connectivity index (χ3n) is 2.88. The van der Waals surface area contributed by atoms with Crippen molar-refractivity contribution in [1.29, 1.82) is 0 Å². The zero-order valence-electron chi connectivity index (χ0n) is 11.3. The van der Waals surface area contributed by atoms with Gasteiger partial charge in [0, 0.05) is 6.07 Å². The van der Waals surface area contributed by atoms with Gasteiger partial charge in [-0.25, -0.2) is 8.78 Å². The minimum absolute atomic E-state index is 0.0807. The van der Waals surface area contributed by atoms with Crippen molar-refractivity contribution in [3.8, 4) is 5.75 Å². The molecule has 0 aliphatic carbocycles. The summed E-state index contributed by atoms with van der Waals surface area (Å²) < 4.78 is 30.9. The fourth-order valence-electron chi connectivity index (χ4n) is 1.81. The monoisotopic (exact) mass is 292 g/mol. The predicted molar refractivity (Wildman–Crippen MR) is 76.1 cm³/mol. The van der Waals surface area contributed by atoms with Gasteiger partial charge in [0.05, 0.1) is 24.9 Å². The van der Waals surface area contributed by atoms with Gasteiger partial charge in [0.1, 0.15) is 5.75 Å². The second-order valence-corrected chi connectivity index (χ2v) is 4.43. The maximum absolute atomic E-state index is 13.1. The van der Waals surface area contributed by atoms with Crippen molar-refractivity contribution in [1.82, 2.24) is 0 Å². The Labute approximate surface area is 120 Å². The lowest BCUT2D eigenvalue weighted by Gasteiger charge is -2.10. The molecule has 0 aliphatic rings. The van der Waals surface area contributed by atoms with Gasteiger partial charge in [0.2, 0.25) is 5.91 Å². The summed E-state index contributed by atoms with van der Waals surface area (Å²) in [6.45, 7) is 0. The molecular formula is C15H14F2N2O2. The smallest absolute Gasteiger partial charge is 0.228 e. The van der Waals surface area contributed by atoms with E-state index in [0.717, 1.165) is 12.1 Å². The molecule has 6 heteroatoms. The zero-order chi connectivity index (χ0) is 15.4. The van der Waals surface area contributed by atoms with Crippen molar-refractivity contribution in [2.24, 2.45) is 0 Å². The molecule has 110 valence electrons. The number of carbonyl (C=O) groups excluding carboxylic acids is 1. The number of ether oxygens (including phenoxy) is 1. The van der Waals surface area contributed by atoms with Crippen LogP contribution in [0.25, 0.3) is 0 Å². The van der Waals surface area contributed by atoms with Crippen molar-refractivity contribution in [2.75, 3.05) is 18.2 Å². The summed E-state index contributed by atoms with van der Waals surface area (Å²) in [5, 5.41) is 2.61. The number of halogens is 2. The first-order valence-electron chi connectivity index (χ1n) is 6.17. The largest absolute Gasteiger partial charge is 0.497 e. The molecular weight excluding hydrogens is 278 g/mol. The Morgan fingerprint density at radius 3 is 2.57 bits per heavy atom. The maximum Gasteiger partial charge on any atom is 0.228 e. The summed E-state index contributed by atoms with van der Waals surface area (Å²) in [7, 11) is 1.51. The summed E-state index contributed by atoms with van der Waals surface area (Å²) in [5.74, 6) is -1.73. The summed E-state index contributed by atoms with van der Waals surface area (Å²) in [6.07, 6.45) is -0.0807. The van der Waals surface area contributed by atoms with Gasteiger partial charge in [-0.1, -0.05) is 6.07 Å². The first-order chi connectivity index (χ1) is 9.99. The highest BCUT2D eigenvalue weighted by Gasteiger charge is 2.09. The van der Waals surface area contributed by atoms with Gasteiger partial charge in [-0.3, -0.25) is 4.79 Å². The molecule has 3 N–H and O–H groups in total. The van der Waals surface area contributed by atoms with E-state index in [9.17, 15) is 13.6 Å². The molecule has 0 bridgehead atoms. The van der Waals surface area contributed by atoms with Crippen LogP contribution in [0.4, 0.5) is 20.2 Å². The van der Waals surface area contributed by atoms with Crippen LogP contribution in [-0.2, 0) is 11.2 Å². The molecule has 0 heterocycles. The van der Waals surface area contributed by atoms with Crippen LogP contribution in [0.15, 0.2) is 36.4 Å². The van der Waals surface area contributed by atoms with Gasteiger partial charge in [0.25, 0.3) is 0 Å². The normalized spacial score (nSPS) is 10.2. The first-order valence-corrected chi connectivity index (χ1v) is 6.17. The van der Waals surface area contributed by atoms with Crippen molar-refractivity contribution in [2.45, 2.75) is 6.42 Å². The van der Waals surface area contributed by atoms with Crippen LogP contribution >= 0.6 is 0 Å². The van der Waals surface area contributed by atoms with Gasteiger partial charge < -0.3 is 15.8 Å². The Hall–Kier alpha value is -2.63. The number of carbonyl (C=O) groups is 1. The molecule has 0 unspecified atom stereocenters. The minimum atomic E-state index is -0.982. The number of hydrogen-bond acceptors (Lipinski definition) is 3. The minimum Gasteiger partial charge on any atom is -0.497 e. The number of hydrogen-bond donors (Lipinski definition) is 2. The van der Waals surface area contributed by atoms with Crippen LogP contribution in [0.3, 0.4) is 0 Å². The summed E-state index contributed by atoms with van der Waals surface area (Å²) >= 11 is 0. The number of methoxy groups -OCH3 is 1. The van der Waals surface area contributed by atoms with E-state index in [-0.39, 0.29) is 12.3 Å². The molecule has 4 nitrogen and oxygen atoms in total. The summed E-state index contributed by atoms with van der Waals surface area (Å²) in [6, 6.07) is 8.18. The topological polar surface area (TPSA) is 64.3 Å².